The Bertz CT molecular complexity index is 950. The molecule has 0 aliphatic rings. The van der Waals surface area contributed by atoms with Crippen LogP contribution in [0.25, 0.3) is 10.9 Å². The molecule has 3 aromatic rings. The van der Waals surface area contributed by atoms with Crippen LogP contribution in [0.5, 0.6) is 0 Å². The molecule has 2 aromatic carbocycles. The van der Waals surface area contributed by atoms with Crippen LogP contribution in [-0.4, -0.2) is 27.5 Å². The second-order valence-electron chi connectivity index (χ2n) is 7.84. The first-order valence-corrected chi connectivity index (χ1v) is 10.9. The zero-order valence-electron chi connectivity index (χ0n) is 17.5. The number of amides is 1. The van der Waals surface area contributed by atoms with Crippen molar-refractivity contribution in [2.24, 2.45) is 0 Å². The molecule has 28 heavy (non-hydrogen) atoms. The van der Waals surface area contributed by atoms with Crippen molar-refractivity contribution in [1.29, 1.82) is 0 Å². The molecule has 0 N–H and O–H groups in total. The number of carbonyl (C=O) groups is 1. The normalized spacial score (nSPS) is 11.5. The zero-order valence-corrected chi connectivity index (χ0v) is 18.3. The highest BCUT2D eigenvalue weighted by molar-refractivity contribution is 7.98. The van der Waals surface area contributed by atoms with Gasteiger partial charge in [-0.1, -0.05) is 42.5 Å². The summed E-state index contributed by atoms with van der Waals surface area (Å²) in [6.45, 7) is 10.8. The number of benzene rings is 2. The number of fused-ring (bicyclic) bond motifs is 1. The predicted molar refractivity (Wildman–Crippen MR) is 120 cm³/mol. The van der Waals surface area contributed by atoms with Crippen molar-refractivity contribution >= 4 is 28.6 Å². The van der Waals surface area contributed by atoms with Gasteiger partial charge in [-0.3, -0.25) is 4.79 Å². The molecule has 3 rings (SSSR count). The Balaban J connectivity index is 1.86. The molecule has 1 amide bonds. The van der Waals surface area contributed by atoms with Gasteiger partial charge in [0.1, 0.15) is 6.54 Å². The number of aromatic nitrogens is 1. The number of hydrogen-bond donors (Lipinski definition) is 0. The zero-order chi connectivity index (χ0) is 20.3. The average Bonchev–Trinajstić information content (AvgIpc) is 2.98. The molecule has 0 unspecified atom stereocenters. The largest absolute Gasteiger partial charge is 0.337 e. The summed E-state index contributed by atoms with van der Waals surface area (Å²) in [6.07, 6.45) is 2.14. The van der Waals surface area contributed by atoms with E-state index >= 15 is 0 Å². The fraction of sp³-hybridized carbons (Fsp3) is 0.375. The number of para-hydroxylation sites is 1. The van der Waals surface area contributed by atoms with Crippen LogP contribution >= 0.6 is 11.8 Å². The summed E-state index contributed by atoms with van der Waals surface area (Å²) >= 11 is 1.84. The minimum Gasteiger partial charge on any atom is -0.337 e. The predicted octanol–water partition coefficient (Wildman–Crippen LogP) is 5.89. The number of carbonyl (C=O) groups excluding carboxylic acids is 1. The van der Waals surface area contributed by atoms with Crippen molar-refractivity contribution in [3.05, 3.63) is 65.9 Å². The van der Waals surface area contributed by atoms with Gasteiger partial charge >= 0.3 is 0 Å². The number of nitrogens with zero attached hydrogens (tertiary/aromatic N) is 2. The fourth-order valence-corrected chi connectivity index (χ4v) is 4.95. The molecular weight excluding hydrogens is 364 g/mol. The molecular formula is C24H30N2OS. The lowest BCUT2D eigenvalue weighted by Crippen LogP contribution is -2.43. The third-order valence-corrected chi connectivity index (χ3v) is 6.19. The molecule has 0 fully saturated rings. The van der Waals surface area contributed by atoms with E-state index in [2.05, 4.69) is 87.8 Å². The molecule has 4 heteroatoms. The molecule has 0 aliphatic heterocycles. The van der Waals surface area contributed by atoms with Crippen molar-refractivity contribution < 1.29 is 4.79 Å². The standard InChI is InChI=1S/C24H30N2OS/c1-17(2)26(18(3)4)24(27)15-25-14-23(21-12-8-9-13-22(21)25)28-16-20-11-7-6-10-19(20)5/h6-14,17-18H,15-16H2,1-5H3. The van der Waals surface area contributed by atoms with E-state index in [1.165, 1.54) is 21.4 Å². The van der Waals surface area contributed by atoms with Crippen LogP contribution in [0.4, 0.5) is 0 Å². The van der Waals surface area contributed by atoms with Gasteiger partial charge in [0.2, 0.25) is 5.91 Å². The van der Waals surface area contributed by atoms with E-state index in [0.717, 1.165) is 11.3 Å². The van der Waals surface area contributed by atoms with Crippen LogP contribution in [0, 0.1) is 6.92 Å². The smallest absolute Gasteiger partial charge is 0.242 e. The highest BCUT2D eigenvalue weighted by Crippen LogP contribution is 2.32. The van der Waals surface area contributed by atoms with Gasteiger partial charge in [-0.05, 0) is 51.8 Å². The van der Waals surface area contributed by atoms with Crippen molar-refractivity contribution in [2.75, 3.05) is 0 Å². The summed E-state index contributed by atoms with van der Waals surface area (Å²) in [7, 11) is 0. The highest BCUT2D eigenvalue weighted by Gasteiger charge is 2.21. The maximum absolute atomic E-state index is 13.0. The molecule has 0 saturated heterocycles. The van der Waals surface area contributed by atoms with E-state index in [1.807, 2.05) is 22.7 Å². The van der Waals surface area contributed by atoms with Crippen LogP contribution in [-0.2, 0) is 17.1 Å². The van der Waals surface area contributed by atoms with Gasteiger partial charge in [0.05, 0.1) is 0 Å². The summed E-state index contributed by atoms with van der Waals surface area (Å²) in [5.74, 6) is 1.10. The fourth-order valence-electron chi connectivity index (χ4n) is 3.79. The lowest BCUT2D eigenvalue weighted by atomic mass is 10.1. The maximum Gasteiger partial charge on any atom is 0.242 e. The first kappa shape index (κ1) is 20.5. The van der Waals surface area contributed by atoms with E-state index in [0.29, 0.717) is 6.54 Å². The first-order valence-electron chi connectivity index (χ1n) is 9.94. The SMILES string of the molecule is Cc1ccccc1CSc1cn(CC(=O)N(C(C)C)C(C)C)c2ccccc12. The molecule has 0 aliphatic carbocycles. The maximum atomic E-state index is 13.0. The Hall–Kier alpha value is -2.20. The third-order valence-electron chi connectivity index (χ3n) is 5.10. The number of aryl methyl sites for hydroxylation is 1. The van der Waals surface area contributed by atoms with Gasteiger partial charge in [-0.2, -0.15) is 0 Å². The van der Waals surface area contributed by atoms with Crippen molar-refractivity contribution in [1.82, 2.24) is 9.47 Å². The van der Waals surface area contributed by atoms with Gasteiger partial charge < -0.3 is 9.47 Å². The van der Waals surface area contributed by atoms with Crippen molar-refractivity contribution in [3.8, 4) is 0 Å². The van der Waals surface area contributed by atoms with E-state index < -0.39 is 0 Å². The summed E-state index contributed by atoms with van der Waals surface area (Å²) in [5, 5.41) is 1.22. The number of hydrogen-bond acceptors (Lipinski definition) is 2. The minimum absolute atomic E-state index is 0.168. The second kappa shape index (κ2) is 8.87. The van der Waals surface area contributed by atoms with Crippen LogP contribution in [0.3, 0.4) is 0 Å². The van der Waals surface area contributed by atoms with E-state index in [1.54, 1.807) is 0 Å². The topological polar surface area (TPSA) is 25.2 Å². The molecule has 148 valence electrons. The molecule has 0 spiro atoms. The minimum atomic E-state index is 0.168. The van der Waals surface area contributed by atoms with Crippen molar-refractivity contribution in [2.45, 2.75) is 63.9 Å². The third kappa shape index (κ3) is 4.44. The van der Waals surface area contributed by atoms with E-state index in [-0.39, 0.29) is 18.0 Å². The van der Waals surface area contributed by atoms with Gasteiger partial charge in [0, 0.05) is 39.8 Å². The van der Waals surface area contributed by atoms with Gasteiger partial charge in [0.15, 0.2) is 0 Å². The van der Waals surface area contributed by atoms with E-state index in [4.69, 9.17) is 0 Å². The van der Waals surface area contributed by atoms with Crippen molar-refractivity contribution in [3.63, 3.8) is 0 Å². The number of thioether (sulfide) groups is 1. The molecule has 1 heterocycles. The highest BCUT2D eigenvalue weighted by atomic mass is 32.2. The Kier molecular flexibility index (Phi) is 6.50. The Morgan fingerprint density at radius 2 is 1.64 bits per heavy atom. The van der Waals surface area contributed by atoms with Gasteiger partial charge in [-0.15, -0.1) is 11.8 Å². The molecule has 1 aromatic heterocycles. The van der Waals surface area contributed by atoms with E-state index in [9.17, 15) is 4.79 Å². The summed E-state index contributed by atoms with van der Waals surface area (Å²) < 4.78 is 2.11. The lowest BCUT2D eigenvalue weighted by Gasteiger charge is -2.31. The van der Waals surface area contributed by atoms with Crippen LogP contribution in [0.15, 0.2) is 59.6 Å². The summed E-state index contributed by atoms with van der Waals surface area (Å²) in [5.41, 5.74) is 3.79. The lowest BCUT2D eigenvalue weighted by molar-refractivity contribution is -0.135. The molecule has 0 saturated carbocycles. The second-order valence-corrected chi connectivity index (χ2v) is 8.86. The average molecular weight is 395 g/mol. The Labute approximate surface area is 172 Å². The summed E-state index contributed by atoms with van der Waals surface area (Å²) in [6, 6.07) is 17.3. The number of rotatable bonds is 7. The van der Waals surface area contributed by atoms with Crippen LogP contribution in [0.1, 0.15) is 38.8 Å². The quantitative estimate of drug-likeness (QED) is 0.467. The Morgan fingerprint density at radius 3 is 2.32 bits per heavy atom. The van der Waals surface area contributed by atoms with Gasteiger partial charge in [0.25, 0.3) is 0 Å². The Morgan fingerprint density at radius 1 is 1.00 bits per heavy atom. The van der Waals surface area contributed by atoms with Gasteiger partial charge in [-0.25, -0.2) is 0 Å². The van der Waals surface area contributed by atoms with Crippen LogP contribution in [0.2, 0.25) is 0 Å². The molecule has 0 radical (unpaired) electrons. The molecule has 0 atom stereocenters. The molecule has 0 bridgehead atoms. The van der Waals surface area contributed by atoms with Crippen LogP contribution < -0.4 is 0 Å². The monoisotopic (exact) mass is 394 g/mol. The summed E-state index contributed by atoms with van der Waals surface area (Å²) in [4.78, 5) is 16.2. The molecule has 3 nitrogen and oxygen atoms in total. The first-order chi connectivity index (χ1) is 13.4.